The third-order valence-electron chi connectivity index (χ3n) is 3.42. The van der Waals surface area contributed by atoms with E-state index < -0.39 is 0 Å². The lowest BCUT2D eigenvalue weighted by Gasteiger charge is -2.26. The fourth-order valence-electron chi connectivity index (χ4n) is 2.39. The van der Waals surface area contributed by atoms with Gasteiger partial charge in [0.05, 0.1) is 18.1 Å². The summed E-state index contributed by atoms with van der Waals surface area (Å²) in [6.45, 7) is 0. The first-order valence-electron chi connectivity index (χ1n) is 5.40. The lowest BCUT2D eigenvalue weighted by Crippen LogP contribution is -2.48. The smallest absolute Gasteiger partial charge is 0.200 e. The molecule has 0 radical (unpaired) electrons. The number of likely N-dealkylation sites (N-methyl/N-ethyl adjacent to an activating group) is 1. The molecule has 1 N–H and O–H groups in total. The third-order valence-corrected chi connectivity index (χ3v) is 3.42. The number of nitrogens with zero attached hydrogens (tertiary/aromatic N) is 2. The van der Waals surface area contributed by atoms with Crippen molar-refractivity contribution >= 4 is 5.78 Å². The molecule has 0 aromatic carbocycles. The van der Waals surface area contributed by atoms with Crippen molar-refractivity contribution in [3.05, 3.63) is 18.2 Å². The molecule has 0 aliphatic heterocycles. The lowest BCUT2D eigenvalue weighted by atomic mass is 9.90. The number of hydrogen-bond donors (Lipinski definition) is 1. The van der Waals surface area contributed by atoms with Gasteiger partial charge >= 0.3 is 0 Å². The van der Waals surface area contributed by atoms with Crippen molar-refractivity contribution in [3.8, 4) is 0 Å². The molecular weight excluding hydrogens is 190 g/mol. The summed E-state index contributed by atoms with van der Waals surface area (Å²) in [6.07, 6.45) is 7.46. The number of carbonyl (C=O) groups excluding carboxylic acids is 1. The quantitative estimate of drug-likeness (QED) is 0.756. The second-order valence-electron chi connectivity index (χ2n) is 4.26. The first kappa shape index (κ1) is 10.4. The lowest BCUT2D eigenvalue weighted by molar-refractivity contribution is 0.0854. The molecule has 82 valence electrons. The van der Waals surface area contributed by atoms with Gasteiger partial charge in [0.15, 0.2) is 0 Å². The van der Waals surface area contributed by atoms with Crippen LogP contribution in [0, 0.1) is 0 Å². The molecular formula is C11H17N3O. The van der Waals surface area contributed by atoms with E-state index in [1.54, 1.807) is 17.1 Å². The van der Waals surface area contributed by atoms with Crippen LogP contribution in [-0.2, 0) is 7.05 Å². The Morgan fingerprint density at radius 2 is 2.20 bits per heavy atom. The maximum absolute atomic E-state index is 12.4. The number of imidazole rings is 1. The average Bonchev–Trinajstić information content (AvgIpc) is 2.86. The molecule has 1 fully saturated rings. The minimum Gasteiger partial charge on any atom is -0.331 e. The van der Waals surface area contributed by atoms with Gasteiger partial charge in [0, 0.05) is 7.05 Å². The summed E-state index contributed by atoms with van der Waals surface area (Å²) in [5.41, 5.74) is 0.361. The second-order valence-corrected chi connectivity index (χ2v) is 4.26. The Morgan fingerprint density at radius 3 is 2.67 bits per heavy atom. The normalized spacial score (nSPS) is 19.3. The highest BCUT2D eigenvalue weighted by atomic mass is 16.1. The minimum absolute atomic E-state index is 0.183. The largest absolute Gasteiger partial charge is 0.331 e. The molecule has 1 aliphatic rings. The maximum Gasteiger partial charge on any atom is 0.200 e. The zero-order valence-electron chi connectivity index (χ0n) is 9.29. The highest BCUT2D eigenvalue weighted by Gasteiger charge is 2.40. The van der Waals surface area contributed by atoms with Crippen molar-refractivity contribution < 1.29 is 4.79 Å². The summed E-state index contributed by atoms with van der Waals surface area (Å²) < 4.78 is 1.79. The summed E-state index contributed by atoms with van der Waals surface area (Å²) in [4.78, 5) is 16.4. The summed E-state index contributed by atoms with van der Waals surface area (Å²) in [5, 5.41) is 3.20. The summed E-state index contributed by atoms with van der Waals surface area (Å²) in [6, 6.07) is 0. The van der Waals surface area contributed by atoms with E-state index in [1.165, 1.54) is 0 Å². The Bertz CT molecular complexity index is 364. The number of ketones is 1. The van der Waals surface area contributed by atoms with Crippen molar-refractivity contribution in [3.63, 3.8) is 0 Å². The Labute approximate surface area is 89.7 Å². The molecule has 1 heterocycles. The van der Waals surface area contributed by atoms with E-state index in [9.17, 15) is 4.79 Å². The Balaban J connectivity index is 2.30. The van der Waals surface area contributed by atoms with E-state index in [0.29, 0.717) is 5.69 Å². The predicted molar refractivity (Wildman–Crippen MR) is 57.8 cm³/mol. The molecule has 0 unspecified atom stereocenters. The molecule has 1 aliphatic carbocycles. The van der Waals surface area contributed by atoms with Crippen LogP contribution >= 0.6 is 0 Å². The standard InChI is InChI=1S/C11H17N3O/c1-12-11(5-3-4-6-11)10(15)9-7-13-8-14(9)2/h7-8,12H,3-6H2,1-2H3. The number of aryl methyl sites for hydroxylation is 1. The zero-order valence-corrected chi connectivity index (χ0v) is 9.29. The molecule has 1 aromatic rings. The van der Waals surface area contributed by atoms with Gasteiger partial charge in [-0.15, -0.1) is 0 Å². The number of aromatic nitrogens is 2. The van der Waals surface area contributed by atoms with Crippen LogP contribution in [0.1, 0.15) is 36.2 Å². The molecule has 15 heavy (non-hydrogen) atoms. The molecule has 0 saturated heterocycles. The fraction of sp³-hybridized carbons (Fsp3) is 0.636. The number of Topliss-reactive ketones (excluding diaryl/α,β-unsaturated/α-hetero) is 1. The first-order chi connectivity index (χ1) is 7.19. The zero-order chi connectivity index (χ0) is 10.9. The molecule has 4 heteroatoms. The molecule has 0 atom stereocenters. The predicted octanol–water partition coefficient (Wildman–Crippen LogP) is 1.13. The van der Waals surface area contributed by atoms with E-state index >= 15 is 0 Å². The highest BCUT2D eigenvalue weighted by Crippen LogP contribution is 2.32. The third kappa shape index (κ3) is 1.59. The monoisotopic (exact) mass is 207 g/mol. The van der Waals surface area contributed by atoms with Crippen molar-refractivity contribution in [1.82, 2.24) is 14.9 Å². The SMILES string of the molecule is CNC1(C(=O)c2cncn2C)CCCC1. The number of rotatable bonds is 3. The first-order valence-corrected chi connectivity index (χ1v) is 5.40. The highest BCUT2D eigenvalue weighted by molar-refractivity contribution is 6.02. The van der Waals surface area contributed by atoms with Gasteiger partial charge < -0.3 is 9.88 Å². The van der Waals surface area contributed by atoms with Crippen molar-refractivity contribution in [2.75, 3.05) is 7.05 Å². The average molecular weight is 207 g/mol. The van der Waals surface area contributed by atoms with Crippen molar-refractivity contribution in [2.24, 2.45) is 7.05 Å². The van der Waals surface area contributed by atoms with Crippen LogP contribution in [0.25, 0.3) is 0 Å². The van der Waals surface area contributed by atoms with Crippen LogP contribution in [-0.4, -0.2) is 27.9 Å². The van der Waals surface area contributed by atoms with Crippen LogP contribution in [0.4, 0.5) is 0 Å². The van der Waals surface area contributed by atoms with E-state index in [0.717, 1.165) is 25.7 Å². The van der Waals surface area contributed by atoms with Gasteiger partial charge in [0.25, 0.3) is 0 Å². The Morgan fingerprint density at radius 1 is 1.53 bits per heavy atom. The van der Waals surface area contributed by atoms with Crippen molar-refractivity contribution in [1.29, 1.82) is 0 Å². The van der Waals surface area contributed by atoms with E-state index in [4.69, 9.17) is 0 Å². The topological polar surface area (TPSA) is 46.9 Å². The Hall–Kier alpha value is -1.16. The van der Waals surface area contributed by atoms with Gasteiger partial charge in [-0.25, -0.2) is 4.98 Å². The fourth-order valence-corrected chi connectivity index (χ4v) is 2.39. The molecule has 0 bridgehead atoms. The van der Waals surface area contributed by atoms with Gasteiger partial charge in [-0.2, -0.15) is 0 Å². The van der Waals surface area contributed by atoms with Gasteiger partial charge in [0.1, 0.15) is 5.69 Å². The van der Waals surface area contributed by atoms with Crippen LogP contribution < -0.4 is 5.32 Å². The van der Waals surface area contributed by atoms with Gasteiger partial charge in [0.2, 0.25) is 5.78 Å². The molecule has 0 amide bonds. The molecule has 1 aromatic heterocycles. The molecule has 0 spiro atoms. The summed E-state index contributed by atoms with van der Waals surface area (Å²) >= 11 is 0. The van der Waals surface area contributed by atoms with E-state index in [-0.39, 0.29) is 11.3 Å². The van der Waals surface area contributed by atoms with Crippen LogP contribution in [0.2, 0.25) is 0 Å². The molecule has 1 saturated carbocycles. The van der Waals surface area contributed by atoms with Crippen molar-refractivity contribution in [2.45, 2.75) is 31.2 Å². The van der Waals surface area contributed by atoms with E-state index in [1.807, 2.05) is 14.1 Å². The van der Waals surface area contributed by atoms with Gasteiger partial charge in [-0.1, -0.05) is 12.8 Å². The van der Waals surface area contributed by atoms with Crippen LogP contribution in [0.5, 0.6) is 0 Å². The second kappa shape index (κ2) is 3.77. The number of carbonyl (C=O) groups is 1. The summed E-state index contributed by atoms with van der Waals surface area (Å²) in [7, 11) is 3.73. The van der Waals surface area contributed by atoms with Crippen LogP contribution in [0.3, 0.4) is 0 Å². The summed E-state index contributed by atoms with van der Waals surface area (Å²) in [5.74, 6) is 0.183. The van der Waals surface area contributed by atoms with E-state index in [2.05, 4.69) is 10.3 Å². The van der Waals surface area contributed by atoms with Gasteiger partial charge in [-0.3, -0.25) is 4.79 Å². The molecule has 2 rings (SSSR count). The Kier molecular flexibility index (Phi) is 2.61. The number of hydrogen-bond acceptors (Lipinski definition) is 3. The minimum atomic E-state index is -0.339. The number of nitrogens with one attached hydrogen (secondary N) is 1. The maximum atomic E-state index is 12.4. The van der Waals surface area contributed by atoms with Crippen LogP contribution in [0.15, 0.2) is 12.5 Å². The van der Waals surface area contributed by atoms with Gasteiger partial charge in [-0.05, 0) is 19.9 Å². The molecule has 4 nitrogen and oxygen atoms in total.